The van der Waals surface area contributed by atoms with Crippen molar-refractivity contribution < 1.29 is 22.8 Å². The van der Waals surface area contributed by atoms with Gasteiger partial charge in [0.15, 0.2) is 0 Å². The molecule has 1 saturated heterocycles. The number of hydrogen-bond donors (Lipinski definition) is 2. The van der Waals surface area contributed by atoms with Crippen LogP contribution in [0.3, 0.4) is 0 Å². The Hall–Kier alpha value is -3.56. The highest BCUT2D eigenvalue weighted by atomic mass is 19.4. The Bertz CT molecular complexity index is 1220. The van der Waals surface area contributed by atoms with E-state index in [1.807, 2.05) is 6.07 Å². The average Bonchev–Trinajstić information content (AvgIpc) is 3.20. The third kappa shape index (κ3) is 3.79. The molecule has 2 fully saturated rings. The van der Waals surface area contributed by atoms with Crippen molar-refractivity contribution in [1.29, 1.82) is 0 Å². The SMILES string of the molecule is CN(C(=O)Nc1cccc(C(F)(F)F)c1)C1CC2(C1)CN(C(=O)c1ccnc3[nH]ccc13)C2. The highest BCUT2D eigenvalue weighted by molar-refractivity contribution is 6.05. The summed E-state index contributed by atoms with van der Waals surface area (Å²) in [6.45, 7) is 1.25. The van der Waals surface area contributed by atoms with Gasteiger partial charge in [0.05, 0.1) is 11.1 Å². The van der Waals surface area contributed by atoms with Crippen LogP contribution < -0.4 is 5.32 Å². The monoisotopic (exact) mass is 457 g/mol. The predicted octanol–water partition coefficient (Wildman–Crippen LogP) is 4.35. The highest BCUT2D eigenvalue weighted by Gasteiger charge is 2.55. The van der Waals surface area contributed by atoms with Gasteiger partial charge in [-0.1, -0.05) is 6.07 Å². The molecule has 0 atom stereocenters. The number of nitrogens with zero attached hydrogens (tertiary/aromatic N) is 3. The first-order valence-corrected chi connectivity index (χ1v) is 10.6. The number of pyridine rings is 1. The Labute approximate surface area is 187 Å². The van der Waals surface area contributed by atoms with Crippen molar-refractivity contribution in [2.24, 2.45) is 5.41 Å². The maximum absolute atomic E-state index is 12.9. The van der Waals surface area contributed by atoms with Gasteiger partial charge < -0.3 is 20.1 Å². The summed E-state index contributed by atoms with van der Waals surface area (Å²) >= 11 is 0. The summed E-state index contributed by atoms with van der Waals surface area (Å²) in [5.74, 6) is -0.0354. The number of benzene rings is 1. The number of carbonyl (C=O) groups excluding carboxylic acids is 2. The van der Waals surface area contributed by atoms with E-state index in [1.54, 1.807) is 30.4 Å². The van der Waals surface area contributed by atoms with Gasteiger partial charge in [0, 0.05) is 55.1 Å². The number of rotatable bonds is 3. The van der Waals surface area contributed by atoms with Gasteiger partial charge in [-0.3, -0.25) is 4.79 Å². The zero-order chi connectivity index (χ0) is 23.4. The first-order valence-electron chi connectivity index (χ1n) is 10.6. The second-order valence-electron chi connectivity index (χ2n) is 8.94. The van der Waals surface area contributed by atoms with E-state index in [4.69, 9.17) is 0 Å². The topological polar surface area (TPSA) is 81.3 Å². The summed E-state index contributed by atoms with van der Waals surface area (Å²) in [5.41, 5.74) is 0.577. The molecule has 3 aromatic rings. The van der Waals surface area contributed by atoms with Crippen molar-refractivity contribution >= 4 is 28.7 Å². The van der Waals surface area contributed by atoms with Gasteiger partial charge in [0.25, 0.3) is 5.91 Å². The van der Waals surface area contributed by atoms with Crippen LogP contribution in [0.1, 0.15) is 28.8 Å². The third-order valence-electron chi connectivity index (χ3n) is 6.68. The van der Waals surface area contributed by atoms with Crippen LogP contribution in [0, 0.1) is 5.41 Å². The highest BCUT2D eigenvalue weighted by Crippen LogP contribution is 2.50. The Morgan fingerprint density at radius 3 is 2.70 bits per heavy atom. The Kier molecular flexibility index (Phi) is 4.84. The van der Waals surface area contributed by atoms with Gasteiger partial charge in [-0.05, 0) is 43.2 Å². The standard InChI is InChI=1S/C23H22F3N5O2/c1-30(21(33)29-15-4-2-3-14(9-15)23(24,25)26)16-10-22(11-16)12-31(13-22)20(32)18-6-8-28-19-17(18)5-7-27-19/h2-9,16H,10-13H2,1H3,(H,27,28)(H,29,33). The fraction of sp³-hybridized carbons (Fsp3) is 0.348. The van der Waals surface area contributed by atoms with Crippen LogP contribution in [-0.2, 0) is 6.18 Å². The fourth-order valence-corrected chi connectivity index (χ4v) is 4.85. The van der Waals surface area contributed by atoms with Gasteiger partial charge in [0.1, 0.15) is 5.65 Å². The minimum atomic E-state index is -4.47. The number of likely N-dealkylation sites (tertiary alicyclic amines) is 1. The van der Waals surface area contributed by atoms with E-state index < -0.39 is 17.8 Å². The molecule has 10 heteroatoms. The molecule has 0 radical (unpaired) electrons. The van der Waals surface area contributed by atoms with Crippen LogP contribution in [0.25, 0.3) is 11.0 Å². The maximum atomic E-state index is 12.9. The number of aromatic nitrogens is 2. The van der Waals surface area contributed by atoms with Gasteiger partial charge >= 0.3 is 12.2 Å². The van der Waals surface area contributed by atoms with Gasteiger partial charge in [0.2, 0.25) is 0 Å². The molecule has 0 bridgehead atoms. The quantitative estimate of drug-likeness (QED) is 0.614. The number of alkyl halides is 3. The Morgan fingerprint density at radius 2 is 1.97 bits per heavy atom. The van der Waals surface area contributed by atoms with Crippen LogP contribution in [0.2, 0.25) is 0 Å². The first kappa shape index (κ1) is 21.3. The molecule has 2 aliphatic rings. The van der Waals surface area contributed by atoms with Crippen LogP contribution in [0.15, 0.2) is 48.8 Å². The number of halogens is 3. The summed E-state index contributed by atoms with van der Waals surface area (Å²) in [6.07, 6.45) is 0.393. The van der Waals surface area contributed by atoms with Crippen LogP contribution in [-0.4, -0.2) is 57.9 Å². The smallest absolute Gasteiger partial charge is 0.346 e. The van der Waals surface area contributed by atoms with Gasteiger partial charge in [-0.25, -0.2) is 9.78 Å². The lowest BCUT2D eigenvalue weighted by molar-refractivity contribution is -0.137. The molecule has 1 aliphatic heterocycles. The van der Waals surface area contributed by atoms with E-state index in [0.29, 0.717) is 24.3 Å². The van der Waals surface area contributed by atoms with E-state index >= 15 is 0 Å². The molecule has 2 N–H and O–H groups in total. The lowest BCUT2D eigenvalue weighted by Crippen LogP contribution is -2.67. The average molecular weight is 457 g/mol. The molecule has 3 heterocycles. The molecule has 0 unspecified atom stereocenters. The number of aromatic amines is 1. The van der Waals surface area contributed by atoms with Crippen molar-refractivity contribution in [2.75, 3.05) is 25.5 Å². The normalized spacial score (nSPS) is 17.5. The summed E-state index contributed by atoms with van der Waals surface area (Å²) < 4.78 is 38.7. The van der Waals surface area contributed by atoms with E-state index in [1.165, 1.54) is 17.0 Å². The molecular formula is C23H22F3N5O2. The maximum Gasteiger partial charge on any atom is 0.416 e. The van der Waals surface area contributed by atoms with Crippen molar-refractivity contribution in [1.82, 2.24) is 19.8 Å². The molecule has 2 aromatic heterocycles. The minimum Gasteiger partial charge on any atom is -0.346 e. The van der Waals surface area contributed by atoms with Crippen LogP contribution in [0.4, 0.5) is 23.7 Å². The first-order chi connectivity index (χ1) is 15.7. The summed E-state index contributed by atoms with van der Waals surface area (Å²) in [7, 11) is 1.64. The van der Waals surface area contributed by atoms with Crippen molar-refractivity contribution in [3.8, 4) is 0 Å². The van der Waals surface area contributed by atoms with Gasteiger partial charge in [-0.15, -0.1) is 0 Å². The predicted molar refractivity (Wildman–Crippen MR) is 116 cm³/mol. The second-order valence-corrected chi connectivity index (χ2v) is 8.94. The number of H-pyrrole nitrogens is 1. The zero-order valence-corrected chi connectivity index (χ0v) is 17.8. The molecule has 33 heavy (non-hydrogen) atoms. The van der Waals surface area contributed by atoms with Crippen molar-refractivity contribution in [3.05, 3.63) is 59.9 Å². The minimum absolute atomic E-state index is 0.00460. The molecule has 5 rings (SSSR count). The fourth-order valence-electron chi connectivity index (χ4n) is 4.85. The second kappa shape index (κ2) is 7.50. The van der Waals surface area contributed by atoms with Crippen LogP contribution >= 0.6 is 0 Å². The number of amides is 3. The Balaban J connectivity index is 1.15. The molecular weight excluding hydrogens is 435 g/mol. The third-order valence-corrected chi connectivity index (χ3v) is 6.68. The molecule has 3 amide bonds. The molecule has 1 aromatic carbocycles. The van der Waals surface area contributed by atoms with Crippen molar-refractivity contribution in [2.45, 2.75) is 25.1 Å². The molecule has 1 aliphatic carbocycles. The molecule has 1 spiro atoms. The van der Waals surface area contributed by atoms with E-state index in [-0.39, 0.29) is 23.1 Å². The number of urea groups is 1. The van der Waals surface area contributed by atoms with Crippen LogP contribution in [0.5, 0.6) is 0 Å². The lowest BCUT2D eigenvalue weighted by atomic mass is 9.60. The number of hydrogen-bond acceptors (Lipinski definition) is 3. The number of nitrogens with one attached hydrogen (secondary N) is 2. The lowest BCUT2D eigenvalue weighted by Gasteiger charge is -2.60. The number of carbonyl (C=O) groups is 2. The van der Waals surface area contributed by atoms with E-state index in [0.717, 1.165) is 30.4 Å². The van der Waals surface area contributed by atoms with E-state index in [9.17, 15) is 22.8 Å². The zero-order valence-electron chi connectivity index (χ0n) is 17.8. The summed E-state index contributed by atoms with van der Waals surface area (Å²) in [6, 6.07) is 7.66. The molecule has 172 valence electrons. The number of anilines is 1. The van der Waals surface area contributed by atoms with Gasteiger partial charge in [-0.2, -0.15) is 13.2 Å². The molecule has 1 saturated carbocycles. The van der Waals surface area contributed by atoms with E-state index in [2.05, 4.69) is 15.3 Å². The summed E-state index contributed by atoms with van der Waals surface area (Å²) in [5, 5.41) is 3.34. The number of fused-ring (bicyclic) bond motifs is 1. The van der Waals surface area contributed by atoms with Crippen molar-refractivity contribution in [3.63, 3.8) is 0 Å². The Morgan fingerprint density at radius 1 is 1.21 bits per heavy atom. The largest absolute Gasteiger partial charge is 0.416 e. The molecule has 7 nitrogen and oxygen atoms in total. The summed E-state index contributed by atoms with van der Waals surface area (Å²) in [4.78, 5) is 36.0.